The van der Waals surface area contributed by atoms with E-state index in [1.165, 1.54) is 6.07 Å². The average Bonchev–Trinajstić information content (AvgIpc) is 2.62. The summed E-state index contributed by atoms with van der Waals surface area (Å²) in [6.45, 7) is 6.02. The molecule has 130 valence electrons. The van der Waals surface area contributed by atoms with Gasteiger partial charge in [0.25, 0.3) is 0 Å². The maximum atomic E-state index is 14.1. The first-order valence-corrected chi connectivity index (χ1v) is 8.28. The fourth-order valence-electron chi connectivity index (χ4n) is 3.01. The lowest BCUT2D eigenvalue weighted by molar-refractivity contribution is 0.0416. The topological polar surface area (TPSA) is 38.8 Å². The van der Waals surface area contributed by atoms with Crippen LogP contribution in [-0.4, -0.2) is 37.3 Å². The maximum absolute atomic E-state index is 14.1. The first kappa shape index (κ1) is 17.2. The van der Waals surface area contributed by atoms with Crippen LogP contribution < -0.4 is 4.74 Å². The molecular formula is C20H20FNO3. The van der Waals surface area contributed by atoms with Gasteiger partial charge in [0.15, 0.2) is 0 Å². The van der Waals surface area contributed by atoms with E-state index in [1.54, 1.807) is 23.1 Å². The lowest BCUT2D eigenvalue weighted by Crippen LogP contribution is -2.42. The molecule has 0 radical (unpaired) electrons. The van der Waals surface area contributed by atoms with Crippen LogP contribution in [0.1, 0.15) is 30.9 Å². The molecule has 5 heteroatoms. The predicted octanol–water partition coefficient (Wildman–Crippen LogP) is 3.91. The van der Waals surface area contributed by atoms with E-state index in [1.807, 2.05) is 13.8 Å². The molecular weight excluding hydrogens is 321 g/mol. The van der Waals surface area contributed by atoms with Gasteiger partial charge in [-0.05, 0) is 35.1 Å². The SMILES string of the molecule is C#Cc1c(F)ccc2cc(OC(=O)N3CCOCC3)cc(C(C)C)c12. The Kier molecular flexibility index (Phi) is 4.91. The van der Waals surface area contributed by atoms with Crippen molar-refractivity contribution < 1.29 is 18.7 Å². The predicted molar refractivity (Wildman–Crippen MR) is 94.3 cm³/mol. The summed E-state index contributed by atoms with van der Waals surface area (Å²) >= 11 is 0. The largest absolute Gasteiger partial charge is 0.415 e. The van der Waals surface area contributed by atoms with Crippen LogP contribution in [0.4, 0.5) is 9.18 Å². The third-order valence-corrected chi connectivity index (χ3v) is 4.31. The molecule has 1 amide bonds. The molecule has 1 fully saturated rings. The Morgan fingerprint density at radius 3 is 2.68 bits per heavy atom. The van der Waals surface area contributed by atoms with Gasteiger partial charge in [-0.1, -0.05) is 25.8 Å². The normalized spacial score (nSPS) is 14.6. The Balaban J connectivity index is 2.01. The standard InChI is InChI=1S/C20H20FNO3/c1-4-16-18(21)6-5-14-11-15(12-17(13(2)3)19(14)16)25-20(23)22-7-9-24-10-8-22/h1,5-6,11-13H,7-10H2,2-3H3. The van der Waals surface area contributed by atoms with Crippen molar-refractivity contribution in [3.05, 3.63) is 41.2 Å². The van der Waals surface area contributed by atoms with E-state index < -0.39 is 11.9 Å². The third kappa shape index (κ3) is 3.45. The van der Waals surface area contributed by atoms with Gasteiger partial charge in [-0.2, -0.15) is 0 Å². The second-order valence-corrected chi connectivity index (χ2v) is 6.30. The van der Waals surface area contributed by atoms with E-state index in [4.69, 9.17) is 15.9 Å². The van der Waals surface area contributed by atoms with Crippen molar-refractivity contribution in [1.29, 1.82) is 0 Å². The van der Waals surface area contributed by atoms with Gasteiger partial charge in [-0.3, -0.25) is 0 Å². The highest BCUT2D eigenvalue weighted by atomic mass is 19.1. The maximum Gasteiger partial charge on any atom is 0.415 e. The summed E-state index contributed by atoms with van der Waals surface area (Å²) in [6.07, 6.45) is 5.10. The fraction of sp³-hybridized carbons (Fsp3) is 0.350. The summed E-state index contributed by atoms with van der Waals surface area (Å²) < 4.78 is 24.9. The van der Waals surface area contributed by atoms with Crippen molar-refractivity contribution in [3.8, 4) is 18.1 Å². The molecule has 0 aromatic heterocycles. The number of nitrogens with zero attached hydrogens (tertiary/aromatic N) is 1. The number of terminal acetylenes is 1. The molecule has 1 aliphatic heterocycles. The molecule has 1 heterocycles. The van der Waals surface area contributed by atoms with Crippen LogP contribution in [-0.2, 0) is 4.74 Å². The molecule has 3 rings (SSSR count). The quantitative estimate of drug-likeness (QED) is 0.777. The third-order valence-electron chi connectivity index (χ3n) is 4.31. The zero-order valence-corrected chi connectivity index (χ0v) is 14.3. The highest BCUT2D eigenvalue weighted by Gasteiger charge is 2.20. The molecule has 0 N–H and O–H groups in total. The number of hydrogen-bond acceptors (Lipinski definition) is 3. The van der Waals surface area contributed by atoms with Gasteiger partial charge < -0.3 is 14.4 Å². The van der Waals surface area contributed by atoms with Crippen LogP contribution in [0.2, 0.25) is 0 Å². The molecule has 0 aliphatic carbocycles. The molecule has 1 aliphatic rings. The number of carbonyl (C=O) groups excluding carboxylic acids is 1. The van der Waals surface area contributed by atoms with Crippen LogP contribution in [0.5, 0.6) is 5.75 Å². The summed E-state index contributed by atoms with van der Waals surface area (Å²) in [6, 6.07) is 6.49. The molecule has 1 saturated heterocycles. The summed E-state index contributed by atoms with van der Waals surface area (Å²) in [5.41, 5.74) is 1.10. The monoisotopic (exact) mass is 341 g/mol. The van der Waals surface area contributed by atoms with Gasteiger partial charge in [0.1, 0.15) is 11.6 Å². The Labute approximate surface area is 146 Å². The number of halogens is 1. The minimum Gasteiger partial charge on any atom is -0.410 e. The lowest BCUT2D eigenvalue weighted by atomic mass is 9.92. The highest BCUT2D eigenvalue weighted by molar-refractivity contribution is 5.93. The summed E-state index contributed by atoms with van der Waals surface area (Å²) in [7, 11) is 0. The first-order chi connectivity index (χ1) is 12.0. The van der Waals surface area contributed by atoms with Crippen molar-refractivity contribution in [2.45, 2.75) is 19.8 Å². The Morgan fingerprint density at radius 1 is 1.32 bits per heavy atom. The summed E-state index contributed by atoms with van der Waals surface area (Å²) in [5.74, 6) is 2.55. The molecule has 2 aromatic carbocycles. The molecule has 0 saturated carbocycles. The number of benzene rings is 2. The van der Waals surface area contributed by atoms with Crippen LogP contribution in [0.3, 0.4) is 0 Å². The minimum atomic E-state index is -0.421. The number of fused-ring (bicyclic) bond motifs is 1. The second-order valence-electron chi connectivity index (χ2n) is 6.30. The van der Waals surface area contributed by atoms with Crippen molar-refractivity contribution in [2.75, 3.05) is 26.3 Å². The first-order valence-electron chi connectivity index (χ1n) is 8.28. The van der Waals surface area contributed by atoms with Gasteiger partial charge in [-0.15, -0.1) is 6.42 Å². The fourth-order valence-corrected chi connectivity index (χ4v) is 3.01. The van der Waals surface area contributed by atoms with Crippen LogP contribution >= 0.6 is 0 Å². The molecule has 0 bridgehead atoms. The number of amides is 1. The summed E-state index contributed by atoms with van der Waals surface area (Å²) in [4.78, 5) is 13.9. The van der Waals surface area contributed by atoms with Gasteiger partial charge in [0, 0.05) is 18.5 Å². The Hall–Kier alpha value is -2.58. The second kappa shape index (κ2) is 7.12. The van der Waals surface area contributed by atoms with Crippen LogP contribution in [0.15, 0.2) is 24.3 Å². The Morgan fingerprint density at radius 2 is 2.04 bits per heavy atom. The van der Waals surface area contributed by atoms with E-state index >= 15 is 0 Å². The smallest absolute Gasteiger partial charge is 0.410 e. The number of morpholine rings is 1. The van der Waals surface area contributed by atoms with Crippen molar-refractivity contribution in [3.63, 3.8) is 0 Å². The number of rotatable bonds is 2. The molecule has 0 atom stereocenters. The van der Waals surface area contributed by atoms with E-state index in [0.717, 1.165) is 10.9 Å². The number of ether oxygens (including phenoxy) is 2. The van der Waals surface area contributed by atoms with Crippen molar-refractivity contribution >= 4 is 16.9 Å². The molecule has 2 aromatic rings. The molecule has 0 unspecified atom stereocenters. The van der Waals surface area contributed by atoms with E-state index in [-0.39, 0.29) is 11.5 Å². The van der Waals surface area contributed by atoms with E-state index in [9.17, 15) is 9.18 Å². The van der Waals surface area contributed by atoms with Crippen molar-refractivity contribution in [1.82, 2.24) is 4.90 Å². The van der Waals surface area contributed by atoms with Crippen LogP contribution in [0.25, 0.3) is 10.8 Å². The van der Waals surface area contributed by atoms with E-state index in [2.05, 4.69) is 5.92 Å². The highest BCUT2D eigenvalue weighted by Crippen LogP contribution is 2.34. The minimum absolute atomic E-state index is 0.0958. The van der Waals surface area contributed by atoms with Crippen LogP contribution in [0, 0.1) is 18.2 Å². The molecule has 4 nitrogen and oxygen atoms in total. The van der Waals surface area contributed by atoms with Gasteiger partial charge in [0.2, 0.25) is 0 Å². The zero-order valence-electron chi connectivity index (χ0n) is 14.3. The molecule has 25 heavy (non-hydrogen) atoms. The average molecular weight is 341 g/mol. The zero-order chi connectivity index (χ0) is 18.0. The lowest BCUT2D eigenvalue weighted by Gasteiger charge is -2.26. The van der Waals surface area contributed by atoms with E-state index in [0.29, 0.717) is 37.4 Å². The van der Waals surface area contributed by atoms with Gasteiger partial charge in [-0.25, -0.2) is 9.18 Å². The molecule has 0 spiro atoms. The van der Waals surface area contributed by atoms with Gasteiger partial charge in [0.05, 0.1) is 18.8 Å². The van der Waals surface area contributed by atoms with Gasteiger partial charge >= 0.3 is 6.09 Å². The number of carbonyl (C=O) groups is 1. The van der Waals surface area contributed by atoms with Crippen molar-refractivity contribution in [2.24, 2.45) is 0 Å². The summed E-state index contributed by atoms with van der Waals surface area (Å²) in [5, 5.41) is 1.45. The Bertz CT molecular complexity index is 848. The number of hydrogen-bond donors (Lipinski definition) is 0.